The van der Waals surface area contributed by atoms with E-state index in [0.29, 0.717) is 38.1 Å². The van der Waals surface area contributed by atoms with Crippen LogP contribution in [-0.2, 0) is 27.1 Å². The molecule has 0 amide bonds. The highest BCUT2D eigenvalue weighted by Gasteiger charge is 2.18. The molecule has 27 heavy (non-hydrogen) atoms. The van der Waals surface area contributed by atoms with Crippen LogP contribution in [-0.4, -0.2) is 56.8 Å². The number of nitrogens with one attached hydrogen (secondary N) is 1. The summed E-state index contributed by atoms with van der Waals surface area (Å²) in [6, 6.07) is 7.55. The van der Waals surface area contributed by atoms with Crippen LogP contribution >= 0.6 is 0 Å². The summed E-state index contributed by atoms with van der Waals surface area (Å²) in [5.41, 5.74) is 1.74. The number of rotatable bonds is 7. The third-order valence-corrected chi connectivity index (χ3v) is 5.31. The number of morpholine rings is 1. The number of hydrogen-bond donors (Lipinski definition) is 1. The third kappa shape index (κ3) is 5.59. The Balaban J connectivity index is 1.70. The standard InChI is InChI=1S/C17H23N5O4S/c1-13-4-3-5-14(10-13)12-27(23,24)18-11-15-19-16(21-17(20-15)25-2)22-6-8-26-9-7-22/h3-5,10,18H,6-9,11-12H2,1-2H3. The first-order valence-electron chi connectivity index (χ1n) is 8.60. The van der Waals surface area contributed by atoms with Crippen LogP contribution in [0.1, 0.15) is 17.0 Å². The molecule has 3 rings (SSSR count). The molecule has 0 bridgehead atoms. The first kappa shape index (κ1) is 19.5. The molecule has 0 aliphatic carbocycles. The minimum atomic E-state index is -3.53. The molecule has 0 saturated carbocycles. The number of anilines is 1. The molecule has 2 aromatic rings. The van der Waals surface area contributed by atoms with Crippen molar-refractivity contribution in [2.45, 2.75) is 19.2 Å². The van der Waals surface area contributed by atoms with Crippen LogP contribution in [0.3, 0.4) is 0 Å². The van der Waals surface area contributed by atoms with Crippen LogP contribution in [0, 0.1) is 6.92 Å². The number of aromatic nitrogens is 3. The lowest BCUT2D eigenvalue weighted by Gasteiger charge is -2.26. The van der Waals surface area contributed by atoms with Gasteiger partial charge >= 0.3 is 6.01 Å². The lowest BCUT2D eigenvalue weighted by Crippen LogP contribution is -2.37. The van der Waals surface area contributed by atoms with Crippen LogP contribution in [0.25, 0.3) is 0 Å². The smallest absolute Gasteiger partial charge is 0.321 e. The molecule has 1 aliphatic rings. The molecule has 10 heteroatoms. The van der Waals surface area contributed by atoms with E-state index in [1.165, 1.54) is 7.11 Å². The van der Waals surface area contributed by atoms with Gasteiger partial charge in [-0.05, 0) is 12.5 Å². The molecule has 0 atom stereocenters. The van der Waals surface area contributed by atoms with Crippen LogP contribution in [0.5, 0.6) is 6.01 Å². The van der Waals surface area contributed by atoms with E-state index in [-0.39, 0.29) is 18.3 Å². The van der Waals surface area contributed by atoms with E-state index in [2.05, 4.69) is 19.7 Å². The number of sulfonamides is 1. The molecule has 1 aromatic carbocycles. The molecular weight excluding hydrogens is 370 g/mol. The summed E-state index contributed by atoms with van der Waals surface area (Å²) < 4.78 is 37.8. The quantitative estimate of drug-likeness (QED) is 0.731. The van der Waals surface area contributed by atoms with Crippen molar-refractivity contribution in [3.8, 4) is 6.01 Å². The molecule has 1 aromatic heterocycles. The highest BCUT2D eigenvalue weighted by molar-refractivity contribution is 7.88. The van der Waals surface area contributed by atoms with Gasteiger partial charge in [0.15, 0.2) is 5.82 Å². The Morgan fingerprint density at radius 2 is 2.00 bits per heavy atom. The zero-order valence-electron chi connectivity index (χ0n) is 15.4. The van der Waals surface area contributed by atoms with E-state index >= 15 is 0 Å². The second kappa shape index (κ2) is 8.59. The first-order chi connectivity index (χ1) is 12.9. The van der Waals surface area contributed by atoms with Crippen molar-refractivity contribution in [2.24, 2.45) is 0 Å². The van der Waals surface area contributed by atoms with Gasteiger partial charge in [-0.25, -0.2) is 13.1 Å². The molecular formula is C17H23N5O4S. The highest BCUT2D eigenvalue weighted by Crippen LogP contribution is 2.14. The molecule has 1 fully saturated rings. The number of hydrogen-bond acceptors (Lipinski definition) is 8. The van der Waals surface area contributed by atoms with Crippen molar-refractivity contribution in [3.63, 3.8) is 0 Å². The van der Waals surface area contributed by atoms with Crippen molar-refractivity contribution in [3.05, 3.63) is 41.2 Å². The van der Waals surface area contributed by atoms with Gasteiger partial charge in [-0.3, -0.25) is 0 Å². The van der Waals surface area contributed by atoms with Crippen molar-refractivity contribution >= 4 is 16.0 Å². The Morgan fingerprint density at radius 1 is 1.22 bits per heavy atom. The first-order valence-corrected chi connectivity index (χ1v) is 10.2. The van der Waals surface area contributed by atoms with E-state index < -0.39 is 10.0 Å². The molecule has 2 heterocycles. The molecule has 0 spiro atoms. The Morgan fingerprint density at radius 3 is 2.70 bits per heavy atom. The molecule has 1 saturated heterocycles. The summed E-state index contributed by atoms with van der Waals surface area (Å²) in [4.78, 5) is 14.7. The molecule has 1 aliphatic heterocycles. The lowest BCUT2D eigenvalue weighted by molar-refractivity contribution is 0.122. The van der Waals surface area contributed by atoms with Crippen molar-refractivity contribution in [1.82, 2.24) is 19.7 Å². The number of ether oxygens (including phenoxy) is 2. The summed E-state index contributed by atoms with van der Waals surface area (Å²) >= 11 is 0. The molecule has 0 unspecified atom stereocenters. The van der Waals surface area contributed by atoms with Crippen molar-refractivity contribution in [2.75, 3.05) is 38.3 Å². The van der Waals surface area contributed by atoms with E-state index in [4.69, 9.17) is 9.47 Å². The van der Waals surface area contributed by atoms with Gasteiger partial charge in [0.25, 0.3) is 0 Å². The monoisotopic (exact) mass is 393 g/mol. The van der Waals surface area contributed by atoms with Gasteiger partial charge in [-0.15, -0.1) is 0 Å². The number of nitrogens with zero attached hydrogens (tertiary/aromatic N) is 4. The van der Waals surface area contributed by atoms with E-state index in [1.807, 2.05) is 30.0 Å². The van der Waals surface area contributed by atoms with Gasteiger partial charge in [0.05, 0.1) is 32.6 Å². The van der Waals surface area contributed by atoms with Gasteiger partial charge in [-0.2, -0.15) is 15.0 Å². The fraction of sp³-hybridized carbons (Fsp3) is 0.471. The maximum absolute atomic E-state index is 12.4. The fourth-order valence-electron chi connectivity index (χ4n) is 2.71. The zero-order chi connectivity index (χ0) is 19.3. The predicted octanol–water partition coefficient (Wildman–Crippen LogP) is 0.645. The summed E-state index contributed by atoms with van der Waals surface area (Å²) in [5.74, 6) is 0.655. The summed E-state index contributed by atoms with van der Waals surface area (Å²) in [6.07, 6.45) is 0. The molecule has 1 N–H and O–H groups in total. The van der Waals surface area contributed by atoms with E-state index in [1.54, 1.807) is 6.07 Å². The maximum Gasteiger partial charge on any atom is 0.321 e. The van der Waals surface area contributed by atoms with Crippen LogP contribution in [0.15, 0.2) is 24.3 Å². The van der Waals surface area contributed by atoms with Gasteiger partial charge in [0.1, 0.15) is 0 Å². The lowest BCUT2D eigenvalue weighted by atomic mass is 10.2. The van der Waals surface area contributed by atoms with Crippen molar-refractivity contribution in [1.29, 1.82) is 0 Å². The average molecular weight is 393 g/mol. The maximum atomic E-state index is 12.4. The summed E-state index contributed by atoms with van der Waals surface area (Å²) in [5, 5.41) is 0. The second-order valence-electron chi connectivity index (χ2n) is 6.21. The number of benzene rings is 1. The van der Waals surface area contributed by atoms with Gasteiger partial charge < -0.3 is 14.4 Å². The van der Waals surface area contributed by atoms with Crippen LogP contribution in [0.2, 0.25) is 0 Å². The number of aryl methyl sites for hydroxylation is 1. The Kier molecular flexibility index (Phi) is 6.19. The topological polar surface area (TPSA) is 107 Å². The van der Waals surface area contributed by atoms with Crippen LogP contribution in [0.4, 0.5) is 5.95 Å². The largest absolute Gasteiger partial charge is 0.467 e. The Hall–Kier alpha value is -2.30. The van der Waals surface area contributed by atoms with Crippen molar-refractivity contribution < 1.29 is 17.9 Å². The molecule has 146 valence electrons. The summed E-state index contributed by atoms with van der Waals surface area (Å²) in [6.45, 7) is 4.38. The van der Waals surface area contributed by atoms with E-state index in [0.717, 1.165) is 11.1 Å². The van der Waals surface area contributed by atoms with E-state index in [9.17, 15) is 8.42 Å². The SMILES string of the molecule is COc1nc(CNS(=O)(=O)Cc2cccc(C)c2)nc(N2CCOCC2)n1. The van der Waals surface area contributed by atoms with Crippen LogP contribution < -0.4 is 14.4 Å². The fourth-order valence-corrected chi connectivity index (χ4v) is 3.78. The minimum absolute atomic E-state index is 0.0373. The van der Waals surface area contributed by atoms with Gasteiger partial charge in [0.2, 0.25) is 16.0 Å². The third-order valence-electron chi connectivity index (χ3n) is 4.02. The van der Waals surface area contributed by atoms with Gasteiger partial charge in [-0.1, -0.05) is 29.8 Å². The highest BCUT2D eigenvalue weighted by atomic mass is 32.2. The zero-order valence-corrected chi connectivity index (χ0v) is 16.2. The molecule has 9 nitrogen and oxygen atoms in total. The number of methoxy groups -OCH3 is 1. The normalized spacial score (nSPS) is 15.0. The van der Waals surface area contributed by atoms with Gasteiger partial charge in [0, 0.05) is 13.1 Å². The second-order valence-corrected chi connectivity index (χ2v) is 8.01. The predicted molar refractivity (Wildman–Crippen MR) is 100 cm³/mol. The minimum Gasteiger partial charge on any atom is -0.467 e. The summed E-state index contributed by atoms with van der Waals surface area (Å²) in [7, 11) is -2.07. The average Bonchev–Trinajstić information content (AvgIpc) is 2.66. The Labute approximate surface area is 158 Å². The molecule has 0 radical (unpaired) electrons. The Bertz CT molecular complexity index is 885.